The van der Waals surface area contributed by atoms with Gasteiger partial charge in [-0.3, -0.25) is 4.90 Å². The minimum Gasteiger partial charge on any atom is -0.389 e. The third-order valence-corrected chi connectivity index (χ3v) is 3.55. The highest BCUT2D eigenvalue weighted by Crippen LogP contribution is 2.18. The number of hydrogen-bond donors (Lipinski definition) is 2. The van der Waals surface area contributed by atoms with Gasteiger partial charge in [-0.05, 0) is 37.1 Å². The van der Waals surface area contributed by atoms with E-state index in [-0.39, 0.29) is 5.82 Å². The van der Waals surface area contributed by atoms with Crippen molar-refractivity contribution in [1.29, 1.82) is 0 Å². The van der Waals surface area contributed by atoms with Gasteiger partial charge >= 0.3 is 0 Å². The van der Waals surface area contributed by atoms with Gasteiger partial charge in [0.1, 0.15) is 5.82 Å². The Labute approximate surface area is 137 Å². The Kier molecular flexibility index (Phi) is 5.88. The van der Waals surface area contributed by atoms with E-state index in [2.05, 4.69) is 0 Å². The fourth-order valence-electron chi connectivity index (χ4n) is 2.61. The molecule has 0 heterocycles. The predicted octanol–water partition coefficient (Wildman–Crippen LogP) is 3.13. The maximum absolute atomic E-state index is 13.0. The van der Waals surface area contributed by atoms with Gasteiger partial charge in [-0.1, -0.05) is 42.5 Å². The topological polar surface area (TPSA) is 43.7 Å². The average molecular weight is 317 g/mol. The van der Waals surface area contributed by atoms with E-state index in [9.17, 15) is 14.6 Å². The van der Waals surface area contributed by atoms with Crippen molar-refractivity contribution >= 4 is 0 Å². The first-order valence-corrected chi connectivity index (χ1v) is 7.76. The second-order valence-corrected chi connectivity index (χ2v) is 6.54. The molecule has 23 heavy (non-hydrogen) atoms. The molecule has 124 valence electrons. The van der Waals surface area contributed by atoms with E-state index in [0.717, 1.165) is 5.56 Å². The lowest BCUT2D eigenvalue weighted by Gasteiger charge is -2.30. The van der Waals surface area contributed by atoms with Gasteiger partial charge in [0.25, 0.3) is 0 Å². The molecule has 2 aromatic rings. The molecule has 0 saturated carbocycles. The molecule has 2 aromatic carbocycles. The van der Waals surface area contributed by atoms with Crippen molar-refractivity contribution in [2.45, 2.75) is 32.1 Å². The number of aliphatic hydroxyl groups is 2. The summed E-state index contributed by atoms with van der Waals surface area (Å²) in [4.78, 5) is 2.00. The maximum atomic E-state index is 13.0. The van der Waals surface area contributed by atoms with Crippen LogP contribution in [0.3, 0.4) is 0 Å². The van der Waals surface area contributed by atoms with Crippen molar-refractivity contribution in [3.05, 3.63) is 71.5 Å². The van der Waals surface area contributed by atoms with Crippen LogP contribution in [0.2, 0.25) is 0 Å². The molecule has 2 rings (SSSR count). The molecule has 0 saturated heterocycles. The molecule has 3 nitrogen and oxygen atoms in total. The minimum absolute atomic E-state index is 0.321. The normalized spacial score (nSPS) is 13.3. The summed E-state index contributed by atoms with van der Waals surface area (Å²) in [7, 11) is 0. The Balaban J connectivity index is 2.08. The fraction of sp³-hybridized carbons (Fsp3) is 0.368. The summed E-state index contributed by atoms with van der Waals surface area (Å²) in [5, 5.41) is 20.5. The summed E-state index contributed by atoms with van der Waals surface area (Å²) in [6, 6.07) is 15.8. The van der Waals surface area contributed by atoms with Crippen LogP contribution in [0.5, 0.6) is 0 Å². The number of hydrogen-bond acceptors (Lipinski definition) is 3. The zero-order valence-electron chi connectivity index (χ0n) is 13.6. The zero-order chi connectivity index (χ0) is 16.9. The van der Waals surface area contributed by atoms with E-state index in [1.165, 1.54) is 12.1 Å². The molecule has 0 fully saturated rings. The lowest BCUT2D eigenvalue weighted by Crippen LogP contribution is -2.40. The first-order chi connectivity index (χ1) is 10.8. The van der Waals surface area contributed by atoms with Crippen LogP contribution < -0.4 is 0 Å². The summed E-state index contributed by atoms with van der Waals surface area (Å²) in [5.41, 5.74) is 0.917. The predicted molar refractivity (Wildman–Crippen MR) is 89.4 cm³/mol. The Morgan fingerprint density at radius 1 is 1.04 bits per heavy atom. The van der Waals surface area contributed by atoms with Crippen molar-refractivity contribution < 1.29 is 14.6 Å². The number of aliphatic hydroxyl groups excluding tert-OH is 1. The van der Waals surface area contributed by atoms with E-state index >= 15 is 0 Å². The third-order valence-electron chi connectivity index (χ3n) is 3.55. The molecule has 0 spiro atoms. The van der Waals surface area contributed by atoms with Crippen molar-refractivity contribution in [2.24, 2.45) is 0 Å². The number of nitrogens with zero attached hydrogens (tertiary/aromatic N) is 1. The lowest BCUT2D eigenvalue weighted by atomic mass is 10.1. The van der Waals surface area contributed by atoms with Gasteiger partial charge in [-0.15, -0.1) is 0 Å². The largest absolute Gasteiger partial charge is 0.389 e. The SMILES string of the molecule is CC(C)(O)CN(Cc1ccccc1)CC(O)c1ccc(F)cc1. The van der Waals surface area contributed by atoms with Gasteiger partial charge in [0, 0.05) is 19.6 Å². The Bertz CT molecular complexity index is 593. The summed E-state index contributed by atoms with van der Waals surface area (Å²) < 4.78 is 13.0. The minimum atomic E-state index is -0.864. The van der Waals surface area contributed by atoms with E-state index in [1.807, 2.05) is 35.2 Å². The van der Waals surface area contributed by atoms with Crippen LogP contribution in [-0.4, -0.2) is 33.8 Å². The van der Waals surface area contributed by atoms with Crippen LogP contribution in [0.1, 0.15) is 31.1 Å². The highest BCUT2D eigenvalue weighted by molar-refractivity contribution is 5.19. The Morgan fingerprint density at radius 2 is 1.65 bits per heavy atom. The van der Waals surface area contributed by atoms with Gasteiger partial charge in [-0.2, -0.15) is 0 Å². The molecule has 0 amide bonds. The van der Waals surface area contributed by atoms with Crippen LogP contribution in [-0.2, 0) is 6.54 Å². The van der Waals surface area contributed by atoms with Gasteiger partial charge < -0.3 is 10.2 Å². The van der Waals surface area contributed by atoms with Crippen LogP contribution in [0.25, 0.3) is 0 Å². The van der Waals surface area contributed by atoms with Gasteiger partial charge in [0.2, 0.25) is 0 Å². The highest BCUT2D eigenvalue weighted by Gasteiger charge is 2.21. The van der Waals surface area contributed by atoms with E-state index in [0.29, 0.717) is 25.2 Å². The molecule has 0 bridgehead atoms. The number of halogens is 1. The van der Waals surface area contributed by atoms with Crippen LogP contribution in [0.4, 0.5) is 4.39 Å². The van der Waals surface area contributed by atoms with E-state index in [1.54, 1.807) is 26.0 Å². The van der Waals surface area contributed by atoms with Gasteiger partial charge in [-0.25, -0.2) is 4.39 Å². The maximum Gasteiger partial charge on any atom is 0.123 e. The summed E-state index contributed by atoms with van der Waals surface area (Å²) in [6.07, 6.45) is -0.735. The standard InChI is InChI=1S/C19H24FNO2/c1-19(2,23)14-21(12-15-6-4-3-5-7-15)13-18(22)16-8-10-17(20)11-9-16/h3-11,18,22-23H,12-14H2,1-2H3. The molecule has 0 radical (unpaired) electrons. The first kappa shape index (κ1) is 17.6. The highest BCUT2D eigenvalue weighted by atomic mass is 19.1. The molecule has 1 unspecified atom stereocenters. The van der Waals surface area contributed by atoms with Crippen LogP contribution in [0.15, 0.2) is 54.6 Å². The summed E-state index contributed by atoms with van der Waals surface area (Å²) in [6.45, 7) is 4.91. The molecule has 0 aromatic heterocycles. The van der Waals surface area contributed by atoms with Crippen molar-refractivity contribution in [3.63, 3.8) is 0 Å². The number of rotatable bonds is 7. The van der Waals surface area contributed by atoms with Gasteiger partial charge in [0.15, 0.2) is 0 Å². The average Bonchev–Trinajstić information content (AvgIpc) is 2.47. The molecular weight excluding hydrogens is 293 g/mol. The van der Waals surface area contributed by atoms with Crippen molar-refractivity contribution in [2.75, 3.05) is 13.1 Å². The third kappa shape index (κ3) is 6.10. The molecule has 0 aliphatic heterocycles. The summed E-state index contributed by atoms with van der Waals surface area (Å²) in [5.74, 6) is -0.321. The number of benzene rings is 2. The van der Waals surface area contributed by atoms with Crippen LogP contribution >= 0.6 is 0 Å². The van der Waals surface area contributed by atoms with E-state index in [4.69, 9.17) is 0 Å². The van der Waals surface area contributed by atoms with Crippen molar-refractivity contribution in [1.82, 2.24) is 4.90 Å². The fourth-order valence-corrected chi connectivity index (χ4v) is 2.61. The molecule has 1 atom stereocenters. The summed E-state index contributed by atoms with van der Waals surface area (Å²) >= 11 is 0. The smallest absolute Gasteiger partial charge is 0.123 e. The lowest BCUT2D eigenvalue weighted by molar-refractivity contribution is 0.0150. The molecule has 0 aliphatic carbocycles. The molecule has 4 heteroatoms. The van der Waals surface area contributed by atoms with E-state index < -0.39 is 11.7 Å². The molecular formula is C19H24FNO2. The quantitative estimate of drug-likeness (QED) is 0.824. The van der Waals surface area contributed by atoms with Crippen LogP contribution in [0, 0.1) is 5.82 Å². The second-order valence-electron chi connectivity index (χ2n) is 6.54. The molecule has 2 N–H and O–H groups in total. The Hall–Kier alpha value is -1.75. The zero-order valence-corrected chi connectivity index (χ0v) is 13.6. The molecule has 0 aliphatic rings. The van der Waals surface area contributed by atoms with Gasteiger partial charge in [0.05, 0.1) is 11.7 Å². The Morgan fingerprint density at radius 3 is 2.22 bits per heavy atom. The second kappa shape index (κ2) is 7.68. The van der Waals surface area contributed by atoms with Crippen molar-refractivity contribution in [3.8, 4) is 0 Å². The first-order valence-electron chi connectivity index (χ1n) is 7.76. The monoisotopic (exact) mass is 317 g/mol.